The molecule has 1 aliphatic heterocycles. The van der Waals surface area contributed by atoms with Crippen LogP contribution in [-0.2, 0) is 9.84 Å². The highest BCUT2D eigenvalue weighted by Gasteiger charge is 2.28. The van der Waals surface area contributed by atoms with E-state index < -0.39 is 9.84 Å². The molecular formula is C15H21Cl2N3O3S. The zero-order valence-corrected chi connectivity index (χ0v) is 15.7. The monoisotopic (exact) mass is 393 g/mol. The van der Waals surface area contributed by atoms with Crippen LogP contribution in [0, 0.1) is 0 Å². The lowest BCUT2D eigenvalue weighted by atomic mass is 10.3. The third-order valence-corrected chi connectivity index (χ3v) is 6.02. The van der Waals surface area contributed by atoms with Gasteiger partial charge in [0, 0.05) is 12.6 Å². The lowest BCUT2D eigenvalue weighted by Gasteiger charge is -2.16. The van der Waals surface area contributed by atoms with Gasteiger partial charge in [-0.2, -0.15) is 0 Å². The van der Waals surface area contributed by atoms with Crippen LogP contribution in [0.5, 0.6) is 5.75 Å². The van der Waals surface area contributed by atoms with Crippen molar-refractivity contribution in [2.45, 2.75) is 19.4 Å². The molecule has 0 aliphatic carbocycles. The molecule has 0 aromatic heterocycles. The molecule has 0 bridgehead atoms. The van der Waals surface area contributed by atoms with Gasteiger partial charge in [-0.1, -0.05) is 29.3 Å². The molecule has 1 aromatic carbocycles. The van der Waals surface area contributed by atoms with Crippen LogP contribution in [0.15, 0.2) is 23.2 Å². The molecule has 0 amide bonds. The second kappa shape index (κ2) is 8.78. The van der Waals surface area contributed by atoms with Crippen LogP contribution in [0.2, 0.25) is 10.0 Å². The van der Waals surface area contributed by atoms with Crippen LogP contribution in [-0.4, -0.2) is 51.6 Å². The maximum atomic E-state index is 11.5. The van der Waals surface area contributed by atoms with Crippen LogP contribution in [0.1, 0.15) is 13.3 Å². The van der Waals surface area contributed by atoms with Crippen molar-refractivity contribution in [2.75, 3.05) is 31.2 Å². The van der Waals surface area contributed by atoms with Crippen molar-refractivity contribution < 1.29 is 13.2 Å². The highest BCUT2D eigenvalue weighted by atomic mass is 35.5. The quantitative estimate of drug-likeness (QED) is 0.439. The van der Waals surface area contributed by atoms with Crippen LogP contribution in [0.3, 0.4) is 0 Å². The van der Waals surface area contributed by atoms with Gasteiger partial charge >= 0.3 is 0 Å². The van der Waals surface area contributed by atoms with E-state index in [2.05, 4.69) is 15.6 Å². The fourth-order valence-electron chi connectivity index (χ4n) is 2.33. The van der Waals surface area contributed by atoms with Gasteiger partial charge < -0.3 is 15.4 Å². The van der Waals surface area contributed by atoms with Gasteiger partial charge in [0.25, 0.3) is 0 Å². The van der Waals surface area contributed by atoms with Crippen molar-refractivity contribution in [3.8, 4) is 5.75 Å². The maximum Gasteiger partial charge on any atom is 0.191 e. The van der Waals surface area contributed by atoms with E-state index in [0.29, 0.717) is 47.9 Å². The first-order valence-corrected chi connectivity index (χ1v) is 10.3. The van der Waals surface area contributed by atoms with E-state index in [1.54, 1.807) is 18.2 Å². The predicted octanol–water partition coefficient (Wildman–Crippen LogP) is 2.11. The minimum atomic E-state index is -2.92. The number of hydrogen-bond donors (Lipinski definition) is 2. The Hall–Kier alpha value is -1.18. The number of sulfone groups is 1. The number of ether oxygens (including phenoxy) is 1. The first-order valence-electron chi connectivity index (χ1n) is 7.73. The Morgan fingerprint density at radius 1 is 1.42 bits per heavy atom. The second-order valence-electron chi connectivity index (χ2n) is 5.41. The molecule has 1 saturated heterocycles. The Bertz CT molecular complexity index is 695. The van der Waals surface area contributed by atoms with Crippen molar-refractivity contribution >= 4 is 39.0 Å². The third kappa shape index (κ3) is 5.72. The summed E-state index contributed by atoms with van der Waals surface area (Å²) in [7, 11) is -2.92. The van der Waals surface area contributed by atoms with Gasteiger partial charge in [-0.25, -0.2) is 13.4 Å². The Kier molecular flexibility index (Phi) is 7.01. The number of nitrogens with one attached hydrogen (secondary N) is 2. The molecule has 1 aromatic rings. The highest BCUT2D eigenvalue weighted by Crippen LogP contribution is 2.31. The van der Waals surface area contributed by atoms with Crippen LogP contribution in [0.25, 0.3) is 0 Å². The number of aliphatic imine (C=N–C) groups is 1. The first kappa shape index (κ1) is 19.1. The summed E-state index contributed by atoms with van der Waals surface area (Å²) in [5.41, 5.74) is 0. The molecule has 1 aliphatic rings. The van der Waals surface area contributed by atoms with Crippen molar-refractivity contribution in [1.29, 1.82) is 0 Å². The van der Waals surface area contributed by atoms with E-state index in [1.807, 2.05) is 6.92 Å². The Balaban J connectivity index is 1.86. The summed E-state index contributed by atoms with van der Waals surface area (Å²) in [5, 5.41) is 7.06. The van der Waals surface area contributed by atoms with E-state index in [0.717, 1.165) is 0 Å². The van der Waals surface area contributed by atoms with E-state index in [-0.39, 0.29) is 17.5 Å². The summed E-state index contributed by atoms with van der Waals surface area (Å²) in [5.74, 6) is 1.46. The van der Waals surface area contributed by atoms with Crippen LogP contribution in [0.4, 0.5) is 0 Å². The molecule has 2 N–H and O–H groups in total. The second-order valence-corrected chi connectivity index (χ2v) is 8.42. The number of hydrogen-bond acceptors (Lipinski definition) is 4. The summed E-state index contributed by atoms with van der Waals surface area (Å²) in [6.45, 7) is 3.37. The molecule has 6 nitrogen and oxygen atoms in total. The normalized spacial score (nSPS) is 20.0. The van der Waals surface area contributed by atoms with E-state index in [9.17, 15) is 8.42 Å². The average Bonchev–Trinajstić information content (AvgIpc) is 2.86. The molecule has 0 spiro atoms. The SMILES string of the molecule is CCNC(=NCCOc1cccc(Cl)c1Cl)NC1CCS(=O)(=O)C1. The predicted molar refractivity (Wildman–Crippen MR) is 98.1 cm³/mol. The van der Waals surface area contributed by atoms with Crippen molar-refractivity contribution in [2.24, 2.45) is 4.99 Å². The fourth-order valence-corrected chi connectivity index (χ4v) is 4.35. The smallest absolute Gasteiger partial charge is 0.191 e. The summed E-state index contributed by atoms with van der Waals surface area (Å²) in [6.07, 6.45) is 0.599. The van der Waals surface area contributed by atoms with Gasteiger partial charge in [-0.05, 0) is 25.5 Å². The number of benzene rings is 1. The first-order chi connectivity index (χ1) is 11.4. The summed E-state index contributed by atoms with van der Waals surface area (Å²) in [4.78, 5) is 4.39. The molecule has 9 heteroatoms. The van der Waals surface area contributed by atoms with E-state index >= 15 is 0 Å². The summed E-state index contributed by atoms with van der Waals surface area (Å²) in [6, 6.07) is 5.10. The van der Waals surface area contributed by atoms with Gasteiger partial charge in [-0.3, -0.25) is 0 Å². The Morgan fingerprint density at radius 3 is 2.88 bits per heavy atom. The minimum absolute atomic E-state index is 0.101. The van der Waals surface area contributed by atoms with Gasteiger partial charge in [0.05, 0.1) is 23.1 Å². The molecule has 2 rings (SSSR count). The molecular weight excluding hydrogens is 373 g/mol. The largest absolute Gasteiger partial charge is 0.490 e. The third-order valence-electron chi connectivity index (χ3n) is 3.45. The number of guanidine groups is 1. The molecule has 1 heterocycles. The fraction of sp³-hybridized carbons (Fsp3) is 0.533. The van der Waals surface area contributed by atoms with Crippen molar-refractivity contribution in [3.05, 3.63) is 28.2 Å². The van der Waals surface area contributed by atoms with Gasteiger partial charge in [-0.15, -0.1) is 0 Å². The molecule has 0 saturated carbocycles. The lowest BCUT2D eigenvalue weighted by Crippen LogP contribution is -2.44. The van der Waals surface area contributed by atoms with E-state index in [1.165, 1.54) is 0 Å². The van der Waals surface area contributed by atoms with Gasteiger partial charge in [0.15, 0.2) is 15.8 Å². The summed E-state index contributed by atoms with van der Waals surface area (Å²) < 4.78 is 28.6. The van der Waals surface area contributed by atoms with Gasteiger partial charge in [0.1, 0.15) is 17.4 Å². The molecule has 0 radical (unpaired) electrons. The lowest BCUT2D eigenvalue weighted by molar-refractivity contribution is 0.328. The standard InChI is InChI=1S/C15H21Cl2N3O3S/c1-2-18-15(20-11-6-9-24(21,22)10-11)19-7-8-23-13-5-3-4-12(16)14(13)17/h3-5,11H,2,6-10H2,1H3,(H2,18,19,20). The van der Waals surface area contributed by atoms with E-state index in [4.69, 9.17) is 27.9 Å². The average molecular weight is 394 g/mol. The molecule has 134 valence electrons. The molecule has 1 unspecified atom stereocenters. The Labute approximate surface area is 152 Å². The summed E-state index contributed by atoms with van der Waals surface area (Å²) >= 11 is 12.0. The zero-order chi connectivity index (χ0) is 17.6. The van der Waals surface area contributed by atoms with Gasteiger partial charge in [0.2, 0.25) is 0 Å². The van der Waals surface area contributed by atoms with Crippen molar-refractivity contribution in [3.63, 3.8) is 0 Å². The Morgan fingerprint density at radius 2 is 2.21 bits per heavy atom. The number of halogens is 2. The number of rotatable bonds is 6. The molecule has 1 fully saturated rings. The topological polar surface area (TPSA) is 79.8 Å². The molecule has 24 heavy (non-hydrogen) atoms. The van der Waals surface area contributed by atoms with Crippen LogP contribution >= 0.6 is 23.2 Å². The number of nitrogens with zero attached hydrogens (tertiary/aromatic N) is 1. The molecule has 1 atom stereocenters. The highest BCUT2D eigenvalue weighted by molar-refractivity contribution is 7.91. The zero-order valence-electron chi connectivity index (χ0n) is 13.4. The minimum Gasteiger partial charge on any atom is -0.490 e. The maximum absolute atomic E-state index is 11.5. The van der Waals surface area contributed by atoms with Crippen LogP contribution < -0.4 is 15.4 Å². The van der Waals surface area contributed by atoms with Crippen molar-refractivity contribution in [1.82, 2.24) is 10.6 Å².